The quantitative estimate of drug-likeness (QED) is 0.125. The summed E-state index contributed by atoms with van der Waals surface area (Å²) in [6.07, 6.45) is 2.76. The van der Waals surface area contributed by atoms with Gasteiger partial charge in [0, 0.05) is 25.2 Å². The number of nitrogens with one attached hydrogen (secondary N) is 3. The molecule has 4 N–H and O–H groups in total. The van der Waals surface area contributed by atoms with Crippen molar-refractivity contribution in [3.63, 3.8) is 0 Å². The Bertz CT molecular complexity index is 1050. The van der Waals surface area contributed by atoms with E-state index in [1.807, 2.05) is 19.1 Å². The summed E-state index contributed by atoms with van der Waals surface area (Å²) in [5.41, 5.74) is 0.911. The Morgan fingerprint density at radius 1 is 1.17 bits per heavy atom. The number of carboxylic acids is 1. The second kappa shape index (κ2) is 15.3. The monoisotopic (exact) mass is 514 g/mol. The number of aliphatic carboxylic acids is 1. The van der Waals surface area contributed by atoms with Gasteiger partial charge in [0.2, 0.25) is 11.8 Å². The molecule has 182 valence electrons. The second-order valence-corrected chi connectivity index (χ2v) is 7.97. The number of aryl methyl sites for hydroxylation is 1. The minimum atomic E-state index is -1.21. The van der Waals surface area contributed by atoms with Crippen molar-refractivity contribution in [2.45, 2.75) is 38.6 Å². The van der Waals surface area contributed by atoms with E-state index in [1.165, 1.54) is 12.1 Å². The van der Waals surface area contributed by atoms with E-state index >= 15 is 0 Å². The summed E-state index contributed by atoms with van der Waals surface area (Å²) in [6, 6.07) is 6.58. The smallest absolute Gasteiger partial charge is 0.481 e. The number of anilines is 1. The van der Waals surface area contributed by atoms with Gasteiger partial charge in [-0.25, -0.2) is 4.98 Å². The summed E-state index contributed by atoms with van der Waals surface area (Å²) < 4.78 is 0. The van der Waals surface area contributed by atoms with Gasteiger partial charge >= 0.3 is 35.5 Å². The number of hydrogen-bond acceptors (Lipinski definition) is 7. The Morgan fingerprint density at radius 3 is 2.57 bits per heavy atom. The predicted molar refractivity (Wildman–Crippen MR) is 126 cm³/mol. The number of nitro benzene ring substituents is 1. The van der Waals surface area contributed by atoms with Crippen LogP contribution in [0.5, 0.6) is 0 Å². The zero-order valence-electron chi connectivity index (χ0n) is 19.5. The van der Waals surface area contributed by atoms with Gasteiger partial charge in [-0.15, -0.1) is 0 Å². The Labute approximate surface area is 229 Å². The maximum Gasteiger partial charge on any atom is 1.00 e. The van der Waals surface area contributed by atoms with E-state index in [9.17, 15) is 24.5 Å². The average molecular weight is 515 g/mol. The summed E-state index contributed by atoms with van der Waals surface area (Å²) >= 11 is 5.79. The molecule has 0 saturated heterocycles. The Kier molecular flexibility index (Phi) is 13.2. The van der Waals surface area contributed by atoms with Crippen LogP contribution in [0.3, 0.4) is 0 Å². The molecule has 1 aromatic heterocycles. The zero-order chi connectivity index (χ0) is 25.1. The zero-order valence-corrected chi connectivity index (χ0v) is 22.3. The maximum absolute atomic E-state index is 12.3. The number of rotatable bonds is 13. The van der Waals surface area contributed by atoms with Gasteiger partial charge in [-0.05, 0) is 49.1 Å². The van der Waals surface area contributed by atoms with Gasteiger partial charge in [-0.2, -0.15) is 0 Å². The largest absolute Gasteiger partial charge is 1.00 e. The van der Waals surface area contributed by atoms with Gasteiger partial charge in [0.1, 0.15) is 10.8 Å². The molecular weight excluding hydrogens is 489 g/mol. The molecule has 35 heavy (non-hydrogen) atoms. The molecule has 2 rings (SSSR count). The number of carboxylic acid groups (broad SMARTS) is 1. The Hall–Kier alpha value is -2.73. The number of halogens is 1. The molecule has 0 fully saturated rings. The van der Waals surface area contributed by atoms with Crippen LogP contribution in [0.15, 0.2) is 36.5 Å². The van der Waals surface area contributed by atoms with Crippen LogP contribution in [0.2, 0.25) is 5.02 Å². The van der Waals surface area contributed by atoms with E-state index in [2.05, 4.69) is 20.9 Å². The number of unbranched alkanes of at least 4 members (excludes halogenated alkanes) is 1. The SMILES string of the molecule is Cc1ccnc(NCCCCC(=O)NCC(=O)NC(CC(=O)O)c2ccc(Cl)c([N+](=O)[O-])c2)c1.[Na+]. The van der Waals surface area contributed by atoms with Crippen molar-refractivity contribution in [2.24, 2.45) is 0 Å². The van der Waals surface area contributed by atoms with E-state index in [0.29, 0.717) is 13.0 Å². The first kappa shape index (κ1) is 30.3. The molecule has 0 aliphatic heterocycles. The number of benzene rings is 1. The third-order valence-electron chi connectivity index (χ3n) is 4.78. The molecule has 11 nitrogen and oxygen atoms in total. The number of amides is 2. The summed E-state index contributed by atoms with van der Waals surface area (Å²) in [5, 5.41) is 28.3. The Morgan fingerprint density at radius 2 is 1.91 bits per heavy atom. The summed E-state index contributed by atoms with van der Waals surface area (Å²) in [7, 11) is 0. The molecule has 0 saturated carbocycles. The number of nitrogens with zero attached hydrogens (tertiary/aromatic N) is 2. The number of aromatic nitrogens is 1. The van der Waals surface area contributed by atoms with Gasteiger partial charge in [0.05, 0.1) is 23.9 Å². The van der Waals surface area contributed by atoms with Gasteiger partial charge in [0.15, 0.2) is 0 Å². The molecule has 2 amide bonds. The van der Waals surface area contributed by atoms with Crippen LogP contribution in [0.25, 0.3) is 0 Å². The third-order valence-corrected chi connectivity index (χ3v) is 5.10. The van der Waals surface area contributed by atoms with Crippen molar-refractivity contribution < 1.29 is 54.0 Å². The molecule has 1 heterocycles. The topological polar surface area (TPSA) is 164 Å². The normalized spacial score (nSPS) is 11.0. The van der Waals surface area contributed by atoms with Crippen LogP contribution in [0, 0.1) is 17.0 Å². The van der Waals surface area contributed by atoms with Crippen molar-refractivity contribution >= 4 is 40.9 Å². The fourth-order valence-corrected chi connectivity index (χ4v) is 3.27. The number of hydrogen-bond donors (Lipinski definition) is 4. The molecule has 1 atom stereocenters. The average Bonchev–Trinajstić information content (AvgIpc) is 2.77. The molecule has 0 spiro atoms. The van der Waals surface area contributed by atoms with Gasteiger partial charge in [-0.3, -0.25) is 24.5 Å². The van der Waals surface area contributed by atoms with Gasteiger partial charge in [0.25, 0.3) is 5.69 Å². The first-order valence-electron chi connectivity index (χ1n) is 10.5. The van der Waals surface area contributed by atoms with Gasteiger partial charge < -0.3 is 21.1 Å². The number of carbonyl (C=O) groups excluding carboxylic acids is 2. The van der Waals surface area contributed by atoms with Crippen molar-refractivity contribution in [3.05, 3.63) is 62.8 Å². The maximum atomic E-state index is 12.3. The van der Waals surface area contributed by atoms with Crippen molar-refractivity contribution in [1.29, 1.82) is 0 Å². The van der Waals surface area contributed by atoms with Crippen molar-refractivity contribution in [1.82, 2.24) is 15.6 Å². The number of nitro groups is 1. The molecular formula is C22H26ClN5NaO6+. The minimum Gasteiger partial charge on any atom is -0.481 e. The van der Waals surface area contributed by atoms with E-state index < -0.39 is 34.9 Å². The first-order valence-corrected chi connectivity index (χ1v) is 10.9. The summed E-state index contributed by atoms with van der Waals surface area (Å²) in [6.45, 7) is 2.26. The standard InChI is InChI=1S/C22H26ClN5O6.Na/c1-14-7-9-25-19(10-14)24-8-3-2-4-20(29)26-13-21(30)27-17(12-22(31)32)15-5-6-16(23)18(11-15)28(33)34;/h5-7,9-11,17H,2-4,8,12-13H2,1H3,(H,24,25)(H,26,29)(H,27,30)(H,31,32);/q;+1. The fraction of sp³-hybridized carbons (Fsp3) is 0.364. The van der Waals surface area contributed by atoms with Crippen LogP contribution in [-0.4, -0.2) is 45.9 Å². The third kappa shape index (κ3) is 11.0. The van der Waals surface area contributed by atoms with Crippen LogP contribution in [-0.2, 0) is 14.4 Å². The summed E-state index contributed by atoms with van der Waals surface area (Å²) in [4.78, 5) is 50.1. The molecule has 13 heteroatoms. The van der Waals surface area contributed by atoms with E-state index in [4.69, 9.17) is 16.7 Å². The molecule has 0 bridgehead atoms. The predicted octanol–water partition coefficient (Wildman–Crippen LogP) is -0.0138. The van der Waals surface area contributed by atoms with Crippen LogP contribution in [0.4, 0.5) is 11.5 Å². The second-order valence-electron chi connectivity index (χ2n) is 7.56. The first-order chi connectivity index (χ1) is 16.2. The van der Waals surface area contributed by atoms with E-state index in [-0.39, 0.29) is 59.0 Å². The molecule has 0 radical (unpaired) electrons. The van der Waals surface area contributed by atoms with Gasteiger partial charge in [-0.1, -0.05) is 17.7 Å². The molecule has 0 aliphatic carbocycles. The van der Waals surface area contributed by atoms with Crippen molar-refractivity contribution in [3.8, 4) is 0 Å². The molecule has 1 unspecified atom stereocenters. The van der Waals surface area contributed by atoms with Crippen molar-refractivity contribution in [2.75, 3.05) is 18.4 Å². The number of carbonyl (C=O) groups is 3. The number of pyridine rings is 1. The van der Waals surface area contributed by atoms with Crippen LogP contribution >= 0.6 is 11.6 Å². The minimum absolute atomic E-state index is 0. The fourth-order valence-electron chi connectivity index (χ4n) is 3.09. The summed E-state index contributed by atoms with van der Waals surface area (Å²) in [5.74, 6) is -1.38. The Balaban J connectivity index is 0.00000612. The molecule has 2 aromatic rings. The van der Waals surface area contributed by atoms with Crippen LogP contribution in [0.1, 0.15) is 42.9 Å². The van der Waals surface area contributed by atoms with E-state index in [1.54, 1.807) is 6.20 Å². The van der Waals surface area contributed by atoms with Crippen LogP contribution < -0.4 is 45.5 Å². The molecule has 1 aromatic carbocycles. The molecule has 0 aliphatic rings. The van der Waals surface area contributed by atoms with E-state index in [0.717, 1.165) is 23.9 Å².